The second-order valence-corrected chi connectivity index (χ2v) is 6.57. The zero-order valence-corrected chi connectivity index (χ0v) is 15.4. The lowest BCUT2D eigenvalue weighted by Gasteiger charge is -2.10. The van der Waals surface area contributed by atoms with Crippen LogP contribution in [0.1, 0.15) is 15.9 Å². The molecule has 130 valence electrons. The first-order valence-corrected chi connectivity index (χ1v) is 8.33. The number of amides is 1. The molecule has 0 radical (unpaired) electrons. The lowest BCUT2D eigenvalue weighted by Crippen LogP contribution is -2.27. The molecule has 2 aromatic carbocycles. The van der Waals surface area contributed by atoms with Gasteiger partial charge >= 0.3 is 0 Å². The van der Waals surface area contributed by atoms with E-state index in [1.165, 1.54) is 6.08 Å². The highest BCUT2D eigenvalue weighted by molar-refractivity contribution is 6.35. The van der Waals surface area contributed by atoms with Crippen molar-refractivity contribution < 1.29 is 9.59 Å². The van der Waals surface area contributed by atoms with Crippen molar-refractivity contribution in [3.63, 3.8) is 0 Å². The molecular formula is C19H18Cl2N2O2. The molecule has 25 heavy (non-hydrogen) atoms. The number of rotatable bonds is 6. The topological polar surface area (TPSA) is 49.4 Å². The molecule has 2 aromatic rings. The summed E-state index contributed by atoms with van der Waals surface area (Å²) in [6, 6.07) is 11.9. The van der Waals surface area contributed by atoms with Crippen LogP contribution in [0.5, 0.6) is 0 Å². The number of nitrogens with zero attached hydrogens (tertiary/aromatic N) is 1. The average molecular weight is 377 g/mol. The van der Waals surface area contributed by atoms with Crippen LogP contribution in [0, 0.1) is 0 Å². The van der Waals surface area contributed by atoms with Crippen molar-refractivity contribution in [3.8, 4) is 0 Å². The minimum atomic E-state index is -0.185. The maximum Gasteiger partial charge on any atom is 0.238 e. The molecule has 1 N–H and O–H groups in total. The van der Waals surface area contributed by atoms with Gasteiger partial charge in [0.15, 0.2) is 5.78 Å². The van der Waals surface area contributed by atoms with Crippen LogP contribution >= 0.6 is 23.2 Å². The summed E-state index contributed by atoms with van der Waals surface area (Å²) >= 11 is 11.9. The Morgan fingerprint density at radius 3 is 2.56 bits per heavy atom. The van der Waals surface area contributed by atoms with Crippen LogP contribution in [-0.2, 0) is 4.79 Å². The van der Waals surface area contributed by atoms with Gasteiger partial charge in [-0.3, -0.25) is 9.59 Å². The van der Waals surface area contributed by atoms with Crippen LogP contribution in [0.3, 0.4) is 0 Å². The molecule has 6 heteroatoms. The third-order valence-corrected chi connectivity index (χ3v) is 3.83. The van der Waals surface area contributed by atoms with E-state index in [9.17, 15) is 9.59 Å². The lowest BCUT2D eigenvalue weighted by molar-refractivity contribution is -0.116. The highest BCUT2D eigenvalue weighted by Crippen LogP contribution is 2.22. The minimum absolute atomic E-state index is 0.141. The van der Waals surface area contributed by atoms with Crippen molar-refractivity contribution in [3.05, 3.63) is 69.7 Å². The summed E-state index contributed by atoms with van der Waals surface area (Å²) in [6.07, 6.45) is 3.08. The van der Waals surface area contributed by atoms with E-state index < -0.39 is 0 Å². The highest BCUT2D eigenvalue weighted by Gasteiger charge is 2.07. The second-order valence-electron chi connectivity index (χ2n) is 5.73. The smallest absolute Gasteiger partial charge is 0.238 e. The molecule has 0 aliphatic heterocycles. The van der Waals surface area contributed by atoms with Gasteiger partial charge in [0, 0.05) is 21.3 Å². The standard InChI is InChI=1S/C19H18Cl2N2O2/c1-23(2)12-19(25)22-16-5-3-4-14(10-16)18(24)9-7-13-6-8-15(20)11-17(13)21/h3-11H,12H2,1-2H3,(H,22,25)/b9-7+. The maximum absolute atomic E-state index is 12.3. The molecule has 0 aliphatic rings. The molecule has 1 amide bonds. The minimum Gasteiger partial charge on any atom is -0.325 e. The van der Waals surface area contributed by atoms with Crippen LogP contribution in [0.4, 0.5) is 5.69 Å². The monoisotopic (exact) mass is 376 g/mol. The Labute approximate surface area is 157 Å². The number of likely N-dealkylation sites (N-methyl/N-ethyl adjacent to an activating group) is 1. The third-order valence-electron chi connectivity index (χ3n) is 3.27. The molecule has 0 bridgehead atoms. The number of halogens is 2. The molecular weight excluding hydrogens is 359 g/mol. The summed E-state index contributed by atoms with van der Waals surface area (Å²) in [6.45, 7) is 0.271. The Morgan fingerprint density at radius 1 is 1.12 bits per heavy atom. The van der Waals surface area contributed by atoms with E-state index in [0.29, 0.717) is 26.9 Å². The van der Waals surface area contributed by atoms with Crippen LogP contribution in [0.25, 0.3) is 6.08 Å². The van der Waals surface area contributed by atoms with E-state index >= 15 is 0 Å². The fourth-order valence-electron chi connectivity index (χ4n) is 2.14. The van der Waals surface area contributed by atoms with Gasteiger partial charge in [0.2, 0.25) is 5.91 Å². The van der Waals surface area contributed by atoms with Crippen molar-refractivity contribution in [2.45, 2.75) is 0 Å². The molecule has 4 nitrogen and oxygen atoms in total. The molecule has 2 rings (SSSR count). The van der Waals surface area contributed by atoms with Gasteiger partial charge in [-0.25, -0.2) is 0 Å². The fraction of sp³-hybridized carbons (Fsp3) is 0.158. The Kier molecular flexibility index (Phi) is 6.76. The van der Waals surface area contributed by atoms with Gasteiger partial charge in [-0.05, 0) is 56.1 Å². The van der Waals surface area contributed by atoms with Crippen molar-refractivity contribution in [2.75, 3.05) is 26.0 Å². The third kappa shape index (κ3) is 6.02. The van der Waals surface area contributed by atoms with Gasteiger partial charge in [-0.1, -0.05) is 41.4 Å². The molecule has 0 heterocycles. The molecule has 0 aliphatic carbocycles. The number of hydrogen-bond donors (Lipinski definition) is 1. The van der Waals surface area contributed by atoms with E-state index in [-0.39, 0.29) is 18.2 Å². The van der Waals surface area contributed by atoms with Crippen LogP contribution in [-0.4, -0.2) is 37.2 Å². The Hall–Kier alpha value is -2.14. The number of anilines is 1. The maximum atomic E-state index is 12.3. The summed E-state index contributed by atoms with van der Waals surface area (Å²) in [7, 11) is 3.62. The SMILES string of the molecule is CN(C)CC(=O)Nc1cccc(C(=O)/C=C/c2ccc(Cl)cc2Cl)c1. The first-order chi connectivity index (χ1) is 11.8. The fourth-order valence-corrected chi connectivity index (χ4v) is 2.61. The van der Waals surface area contributed by atoms with Gasteiger partial charge in [-0.2, -0.15) is 0 Å². The predicted molar refractivity (Wildman–Crippen MR) is 103 cm³/mol. The highest BCUT2D eigenvalue weighted by atomic mass is 35.5. The summed E-state index contributed by atoms with van der Waals surface area (Å²) in [5, 5.41) is 3.78. The van der Waals surface area contributed by atoms with E-state index in [1.54, 1.807) is 53.4 Å². The lowest BCUT2D eigenvalue weighted by atomic mass is 10.1. The largest absolute Gasteiger partial charge is 0.325 e. The zero-order chi connectivity index (χ0) is 18.4. The van der Waals surface area contributed by atoms with E-state index in [4.69, 9.17) is 23.2 Å². The molecule has 0 unspecified atom stereocenters. The summed E-state index contributed by atoms with van der Waals surface area (Å²) in [5.41, 5.74) is 1.76. The van der Waals surface area contributed by atoms with Crippen molar-refractivity contribution >= 4 is 46.7 Å². The number of nitrogens with one attached hydrogen (secondary N) is 1. The number of ketones is 1. The van der Waals surface area contributed by atoms with Gasteiger partial charge < -0.3 is 10.2 Å². The number of hydrogen-bond acceptors (Lipinski definition) is 3. The quantitative estimate of drug-likeness (QED) is 0.600. The normalized spacial score (nSPS) is 11.1. The first kappa shape index (κ1) is 19.2. The molecule has 0 atom stereocenters. The number of benzene rings is 2. The van der Waals surface area contributed by atoms with Crippen molar-refractivity contribution in [1.29, 1.82) is 0 Å². The molecule has 0 fully saturated rings. The Morgan fingerprint density at radius 2 is 1.88 bits per heavy atom. The summed E-state index contributed by atoms with van der Waals surface area (Å²) in [5.74, 6) is -0.326. The van der Waals surface area contributed by atoms with Gasteiger partial charge in [-0.15, -0.1) is 0 Å². The predicted octanol–water partition coefficient (Wildman–Crippen LogP) is 4.39. The molecule has 0 aromatic heterocycles. The molecule has 0 saturated carbocycles. The van der Waals surface area contributed by atoms with E-state index in [0.717, 1.165) is 0 Å². The van der Waals surface area contributed by atoms with Gasteiger partial charge in [0.05, 0.1) is 6.54 Å². The summed E-state index contributed by atoms with van der Waals surface area (Å²) < 4.78 is 0. The zero-order valence-electron chi connectivity index (χ0n) is 13.9. The molecule has 0 spiro atoms. The summed E-state index contributed by atoms with van der Waals surface area (Å²) in [4.78, 5) is 25.9. The van der Waals surface area contributed by atoms with E-state index in [1.807, 2.05) is 14.1 Å². The van der Waals surface area contributed by atoms with Crippen molar-refractivity contribution in [2.24, 2.45) is 0 Å². The second kappa shape index (κ2) is 8.81. The van der Waals surface area contributed by atoms with Crippen molar-refractivity contribution in [1.82, 2.24) is 4.90 Å². The average Bonchev–Trinajstić information content (AvgIpc) is 2.53. The van der Waals surface area contributed by atoms with Crippen LogP contribution in [0.15, 0.2) is 48.5 Å². The Balaban J connectivity index is 2.10. The number of carbonyl (C=O) groups excluding carboxylic acids is 2. The number of allylic oxidation sites excluding steroid dienone is 1. The van der Waals surface area contributed by atoms with Gasteiger partial charge in [0.1, 0.15) is 0 Å². The van der Waals surface area contributed by atoms with Crippen LogP contribution < -0.4 is 5.32 Å². The Bertz CT molecular complexity index is 817. The van der Waals surface area contributed by atoms with Crippen LogP contribution in [0.2, 0.25) is 10.0 Å². The number of carbonyl (C=O) groups is 2. The first-order valence-electron chi connectivity index (χ1n) is 7.57. The molecule has 0 saturated heterocycles. The van der Waals surface area contributed by atoms with E-state index in [2.05, 4.69) is 5.32 Å². The van der Waals surface area contributed by atoms with Gasteiger partial charge in [0.25, 0.3) is 0 Å².